The number of hydrogen-bond acceptors (Lipinski definition) is 0. The van der Waals surface area contributed by atoms with Crippen LogP contribution in [0.1, 0.15) is 117 Å². The minimum atomic E-state index is 1.13. The SMILES string of the molecule is CCCCCC=CCC=CCCCCCCCCCCCC. The van der Waals surface area contributed by atoms with Gasteiger partial charge >= 0.3 is 0 Å². The van der Waals surface area contributed by atoms with Gasteiger partial charge in [-0.3, -0.25) is 0 Å². The van der Waals surface area contributed by atoms with Gasteiger partial charge in [-0.15, -0.1) is 0 Å². The lowest BCUT2D eigenvalue weighted by molar-refractivity contribution is 0.557. The molecule has 0 N–H and O–H groups in total. The largest absolute Gasteiger partial charge is 0.0882 e. The summed E-state index contributed by atoms with van der Waals surface area (Å²) in [5, 5.41) is 0. The maximum atomic E-state index is 2.38. The fraction of sp³-hybridized carbons (Fsp3) is 0.818. The molecule has 0 bridgehead atoms. The molecule has 0 aliphatic heterocycles. The Kier molecular flexibility index (Phi) is 20.0. The van der Waals surface area contributed by atoms with Crippen LogP contribution < -0.4 is 0 Å². The van der Waals surface area contributed by atoms with Crippen molar-refractivity contribution < 1.29 is 0 Å². The Balaban J connectivity index is 3.11. The zero-order chi connectivity index (χ0) is 16.1. The van der Waals surface area contributed by atoms with Crippen LogP contribution in [0.4, 0.5) is 0 Å². The van der Waals surface area contributed by atoms with Crippen molar-refractivity contribution in [1.29, 1.82) is 0 Å². The first-order valence-electron chi connectivity index (χ1n) is 10.2. The number of hydrogen-bond donors (Lipinski definition) is 0. The van der Waals surface area contributed by atoms with Gasteiger partial charge in [-0.05, 0) is 32.1 Å². The van der Waals surface area contributed by atoms with E-state index in [4.69, 9.17) is 0 Å². The van der Waals surface area contributed by atoms with E-state index in [-0.39, 0.29) is 0 Å². The highest BCUT2D eigenvalue weighted by molar-refractivity contribution is 4.92. The fourth-order valence-electron chi connectivity index (χ4n) is 2.77. The molecule has 0 heteroatoms. The zero-order valence-corrected chi connectivity index (χ0v) is 15.6. The van der Waals surface area contributed by atoms with E-state index < -0.39 is 0 Å². The predicted octanol–water partition coefficient (Wildman–Crippen LogP) is 8.38. The number of rotatable bonds is 17. The van der Waals surface area contributed by atoms with E-state index in [9.17, 15) is 0 Å². The summed E-state index contributed by atoms with van der Waals surface area (Å²) in [6.07, 6.45) is 31.4. The predicted molar refractivity (Wildman–Crippen MR) is 104 cm³/mol. The van der Waals surface area contributed by atoms with Crippen LogP contribution in [0.15, 0.2) is 24.3 Å². The highest BCUT2D eigenvalue weighted by atomic mass is 14.0. The molecule has 0 fully saturated rings. The normalized spacial score (nSPS) is 11.9. The molecule has 0 aromatic heterocycles. The second kappa shape index (κ2) is 20.5. The quantitative estimate of drug-likeness (QED) is 0.187. The van der Waals surface area contributed by atoms with E-state index in [0.717, 1.165) is 6.42 Å². The monoisotopic (exact) mass is 306 g/mol. The van der Waals surface area contributed by atoms with Gasteiger partial charge < -0.3 is 0 Å². The van der Waals surface area contributed by atoms with E-state index in [1.807, 2.05) is 0 Å². The Labute approximate surface area is 141 Å². The third-order valence-corrected chi connectivity index (χ3v) is 4.30. The van der Waals surface area contributed by atoms with Crippen molar-refractivity contribution in [3.63, 3.8) is 0 Å². The molecular weight excluding hydrogens is 264 g/mol. The summed E-state index contributed by atoms with van der Waals surface area (Å²) in [5.41, 5.74) is 0. The molecule has 130 valence electrons. The van der Waals surface area contributed by atoms with Gasteiger partial charge in [0, 0.05) is 0 Å². The number of allylic oxidation sites excluding steroid dienone is 4. The van der Waals surface area contributed by atoms with Gasteiger partial charge in [0.1, 0.15) is 0 Å². The van der Waals surface area contributed by atoms with Gasteiger partial charge in [-0.2, -0.15) is 0 Å². The minimum absolute atomic E-state index is 1.13. The Morgan fingerprint density at radius 1 is 0.409 bits per heavy atom. The summed E-state index contributed by atoms with van der Waals surface area (Å²) in [4.78, 5) is 0. The smallest absolute Gasteiger partial charge is 0.0169 e. The lowest BCUT2D eigenvalue weighted by Crippen LogP contribution is -1.81. The first-order valence-corrected chi connectivity index (χ1v) is 10.2. The first kappa shape index (κ1) is 21.5. The van der Waals surface area contributed by atoms with E-state index in [1.165, 1.54) is 96.3 Å². The highest BCUT2D eigenvalue weighted by Gasteiger charge is 1.91. The first-order chi connectivity index (χ1) is 10.9. The molecule has 0 spiro atoms. The summed E-state index contributed by atoms with van der Waals surface area (Å²) in [6.45, 7) is 4.55. The van der Waals surface area contributed by atoms with Crippen LogP contribution in [0.25, 0.3) is 0 Å². The second-order valence-corrected chi connectivity index (χ2v) is 6.64. The van der Waals surface area contributed by atoms with E-state index in [2.05, 4.69) is 38.2 Å². The maximum absolute atomic E-state index is 2.38. The lowest BCUT2D eigenvalue weighted by Gasteiger charge is -2.01. The molecule has 0 aliphatic rings. The van der Waals surface area contributed by atoms with Gasteiger partial charge in [0.25, 0.3) is 0 Å². The summed E-state index contributed by atoms with van der Waals surface area (Å²) in [6, 6.07) is 0. The molecule has 22 heavy (non-hydrogen) atoms. The summed E-state index contributed by atoms with van der Waals surface area (Å²) < 4.78 is 0. The van der Waals surface area contributed by atoms with Crippen molar-refractivity contribution in [3.8, 4) is 0 Å². The second-order valence-electron chi connectivity index (χ2n) is 6.64. The molecule has 0 saturated heterocycles. The molecule has 0 aromatic carbocycles. The van der Waals surface area contributed by atoms with Gasteiger partial charge in [0.05, 0.1) is 0 Å². The zero-order valence-electron chi connectivity index (χ0n) is 15.6. The molecule has 0 saturated carbocycles. The van der Waals surface area contributed by atoms with Crippen molar-refractivity contribution in [3.05, 3.63) is 24.3 Å². The molecule has 0 atom stereocenters. The van der Waals surface area contributed by atoms with Crippen LogP contribution in [-0.2, 0) is 0 Å². The van der Waals surface area contributed by atoms with Gasteiger partial charge in [-0.1, -0.05) is 109 Å². The number of unbranched alkanes of at least 4 members (excludes halogenated alkanes) is 13. The molecule has 0 nitrogen and oxygen atoms in total. The Bertz CT molecular complexity index is 236. The van der Waals surface area contributed by atoms with Crippen LogP contribution in [0.5, 0.6) is 0 Å². The molecule has 0 amide bonds. The minimum Gasteiger partial charge on any atom is -0.0882 e. The highest BCUT2D eigenvalue weighted by Crippen LogP contribution is 2.11. The topological polar surface area (TPSA) is 0 Å². The van der Waals surface area contributed by atoms with E-state index in [0.29, 0.717) is 0 Å². The van der Waals surface area contributed by atoms with Crippen molar-refractivity contribution in [1.82, 2.24) is 0 Å². The molecule has 0 aromatic rings. The van der Waals surface area contributed by atoms with Crippen molar-refractivity contribution in [2.24, 2.45) is 0 Å². The summed E-state index contributed by atoms with van der Waals surface area (Å²) in [5.74, 6) is 0. The fourth-order valence-corrected chi connectivity index (χ4v) is 2.77. The van der Waals surface area contributed by atoms with E-state index >= 15 is 0 Å². The van der Waals surface area contributed by atoms with Gasteiger partial charge in [0.15, 0.2) is 0 Å². The Morgan fingerprint density at radius 2 is 0.773 bits per heavy atom. The molecule has 0 heterocycles. The van der Waals surface area contributed by atoms with Gasteiger partial charge in [-0.25, -0.2) is 0 Å². The standard InChI is InChI=1S/C22H42/c1-3-5-7-9-11-13-15-17-19-21-22-20-18-16-14-12-10-8-6-4-2/h11,13,17,19H,3-10,12,14-16,18,20-22H2,1-2H3. The average molecular weight is 307 g/mol. The van der Waals surface area contributed by atoms with Crippen molar-refractivity contribution in [2.75, 3.05) is 0 Å². The Morgan fingerprint density at radius 3 is 1.27 bits per heavy atom. The van der Waals surface area contributed by atoms with Crippen LogP contribution in [-0.4, -0.2) is 0 Å². The molecule has 0 unspecified atom stereocenters. The van der Waals surface area contributed by atoms with Crippen LogP contribution in [0, 0.1) is 0 Å². The maximum Gasteiger partial charge on any atom is -0.0169 e. The molecule has 0 radical (unpaired) electrons. The molecular formula is C22H42. The third-order valence-electron chi connectivity index (χ3n) is 4.30. The van der Waals surface area contributed by atoms with Crippen LogP contribution >= 0.6 is 0 Å². The summed E-state index contributed by atoms with van der Waals surface area (Å²) in [7, 11) is 0. The van der Waals surface area contributed by atoms with E-state index in [1.54, 1.807) is 0 Å². The average Bonchev–Trinajstić information content (AvgIpc) is 2.54. The van der Waals surface area contributed by atoms with Gasteiger partial charge in [0.2, 0.25) is 0 Å². The molecule has 0 aliphatic carbocycles. The Hall–Kier alpha value is -0.520. The third kappa shape index (κ3) is 19.5. The lowest BCUT2D eigenvalue weighted by atomic mass is 10.1. The molecule has 0 rings (SSSR count). The van der Waals surface area contributed by atoms with Crippen molar-refractivity contribution >= 4 is 0 Å². The van der Waals surface area contributed by atoms with Crippen molar-refractivity contribution in [2.45, 2.75) is 117 Å². The van der Waals surface area contributed by atoms with Crippen LogP contribution in [0.3, 0.4) is 0 Å². The van der Waals surface area contributed by atoms with Crippen LogP contribution in [0.2, 0.25) is 0 Å². The summed E-state index contributed by atoms with van der Waals surface area (Å²) >= 11 is 0.